The Morgan fingerprint density at radius 1 is 1.36 bits per heavy atom. The Balaban J connectivity index is 2.82. The van der Waals surface area contributed by atoms with Crippen LogP contribution >= 0.6 is 0 Å². The summed E-state index contributed by atoms with van der Waals surface area (Å²) in [7, 11) is 1.94. The van der Waals surface area contributed by atoms with E-state index in [-0.39, 0.29) is 0 Å². The molecule has 56 valence electrons. The highest BCUT2D eigenvalue weighted by molar-refractivity contribution is 5.78. The van der Waals surface area contributed by atoms with Gasteiger partial charge in [0.25, 0.3) is 0 Å². The number of rotatable bonds is 0. The lowest BCUT2D eigenvalue weighted by Crippen LogP contribution is -1.84. The van der Waals surface area contributed by atoms with Gasteiger partial charge in [-0.15, -0.1) is 0 Å². The zero-order chi connectivity index (χ0) is 7.84. The Labute approximate surface area is 65.5 Å². The van der Waals surface area contributed by atoms with Crippen LogP contribution in [0.25, 0.3) is 10.9 Å². The molecule has 0 radical (unpaired) electrons. The smallest absolute Gasteiger partial charge is 0.0923 e. The van der Waals surface area contributed by atoms with E-state index < -0.39 is 0 Å². The fourth-order valence-corrected chi connectivity index (χ4v) is 1.27. The van der Waals surface area contributed by atoms with Gasteiger partial charge in [-0.2, -0.15) is 5.10 Å². The molecule has 0 amide bonds. The molecule has 1 heterocycles. The van der Waals surface area contributed by atoms with Crippen molar-refractivity contribution in [2.75, 3.05) is 0 Å². The third-order valence-electron chi connectivity index (χ3n) is 1.77. The summed E-state index contributed by atoms with van der Waals surface area (Å²) in [6.07, 6.45) is 2.03. The molecule has 2 nitrogen and oxygen atoms in total. The van der Waals surface area contributed by atoms with E-state index in [0.29, 0.717) is 0 Å². The summed E-state index contributed by atoms with van der Waals surface area (Å²) < 4.78 is 1.84. The first-order valence-corrected chi connectivity index (χ1v) is 3.66. The number of nitrogens with zero attached hydrogens (tertiary/aromatic N) is 2. The van der Waals surface area contributed by atoms with Gasteiger partial charge in [0.2, 0.25) is 0 Å². The van der Waals surface area contributed by atoms with E-state index in [1.54, 1.807) is 0 Å². The third-order valence-corrected chi connectivity index (χ3v) is 1.77. The largest absolute Gasteiger partial charge is 0.275 e. The predicted octanol–water partition coefficient (Wildman–Crippen LogP) is 1.88. The van der Waals surface area contributed by atoms with Gasteiger partial charge in [-0.1, -0.05) is 11.6 Å². The van der Waals surface area contributed by atoms with Gasteiger partial charge < -0.3 is 0 Å². The number of hydrogen-bond acceptors (Lipinski definition) is 1. The van der Waals surface area contributed by atoms with E-state index in [1.165, 1.54) is 10.9 Å². The highest BCUT2D eigenvalue weighted by atomic mass is 15.2. The van der Waals surface area contributed by atoms with Crippen molar-refractivity contribution in [1.82, 2.24) is 9.78 Å². The molecule has 0 aliphatic carbocycles. The van der Waals surface area contributed by atoms with Crippen molar-refractivity contribution >= 4 is 10.9 Å². The van der Waals surface area contributed by atoms with E-state index in [1.807, 2.05) is 24.0 Å². The van der Waals surface area contributed by atoms with Gasteiger partial charge in [0.15, 0.2) is 0 Å². The SMILES string of the molecule is Cc1ccc2nn(C)cc2c1. The van der Waals surface area contributed by atoms with Gasteiger partial charge in [0.1, 0.15) is 0 Å². The Bertz CT molecular complexity index is 387. The predicted molar refractivity (Wildman–Crippen MR) is 45.5 cm³/mol. The van der Waals surface area contributed by atoms with Gasteiger partial charge in [0.05, 0.1) is 5.52 Å². The maximum atomic E-state index is 4.27. The van der Waals surface area contributed by atoms with Crippen LogP contribution in [0.2, 0.25) is 0 Å². The van der Waals surface area contributed by atoms with Crippen molar-refractivity contribution in [1.29, 1.82) is 0 Å². The number of benzene rings is 1. The number of aryl methyl sites for hydroxylation is 2. The molecule has 11 heavy (non-hydrogen) atoms. The number of fused-ring (bicyclic) bond motifs is 1. The molecule has 0 aliphatic rings. The van der Waals surface area contributed by atoms with Crippen LogP contribution in [0.5, 0.6) is 0 Å². The molecule has 0 N–H and O–H groups in total. The molecule has 0 aliphatic heterocycles. The van der Waals surface area contributed by atoms with Gasteiger partial charge in [0, 0.05) is 18.6 Å². The number of hydrogen-bond donors (Lipinski definition) is 0. The van der Waals surface area contributed by atoms with Crippen LogP contribution in [-0.4, -0.2) is 9.78 Å². The summed E-state index contributed by atoms with van der Waals surface area (Å²) in [4.78, 5) is 0. The Morgan fingerprint density at radius 3 is 3.00 bits per heavy atom. The second-order valence-electron chi connectivity index (χ2n) is 2.87. The Morgan fingerprint density at radius 2 is 2.18 bits per heavy atom. The maximum Gasteiger partial charge on any atom is 0.0923 e. The molecule has 0 saturated carbocycles. The molecule has 2 heteroatoms. The lowest BCUT2D eigenvalue weighted by Gasteiger charge is -1.88. The molecular weight excluding hydrogens is 136 g/mol. The fourth-order valence-electron chi connectivity index (χ4n) is 1.27. The van der Waals surface area contributed by atoms with Crippen molar-refractivity contribution < 1.29 is 0 Å². The van der Waals surface area contributed by atoms with Gasteiger partial charge in [-0.05, 0) is 19.1 Å². The Hall–Kier alpha value is -1.31. The van der Waals surface area contributed by atoms with Crippen LogP contribution < -0.4 is 0 Å². The molecule has 0 atom stereocenters. The number of aromatic nitrogens is 2. The van der Waals surface area contributed by atoms with Crippen LogP contribution in [0, 0.1) is 6.92 Å². The summed E-state index contributed by atoms with van der Waals surface area (Å²) in [6, 6.07) is 6.27. The molecule has 2 rings (SSSR count). The van der Waals surface area contributed by atoms with Crippen LogP contribution in [0.4, 0.5) is 0 Å². The van der Waals surface area contributed by atoms with Gasteiger partial charge >= 0.3 is 0 Å². The highest BCUT2D eigenvalue weighted by Crippen LogP contribution is 2.12. The molecule has 2 aromatic rings. The molecule has 0 saturated heterocycles. The van der Waals surface area contributed by atoms with Crippen LogP contribution in [-0.2, 0) is 7.05 Å². The van der Waals surface area contributed by atoms with Crippen molar-refractivity contribution in [3.63, 3.8) is 0 Å². The molecule has 0 unspecified atom stereocenters. The molecular formula is C9H10N2. The molecule has 1 aromatic heterocycles. The zero-order valence-electron chi connectivity index (χ0n) is 6.70. The van der Waals surface area contributed by atoms with Gasteiger partial charge in [-0.3, -0.25) is 4.68 Å². The molecule has 0 spiro atoms. The second-order valence-corrected chi connectivity index (χ2v) is 2.87. The third kappa shape index (κ3) is 1.00. The first-order valence-electron chi connectivity index (χ1n) is 3.66. The van der Waals surface area contributed by atoms with Crippen LogP contribution in [0.3, 0.4) is 0 Å². The van der Waals surface area contributed by atoms with E-state index in [2.05, 4.69) is 24.2 Å². The van der Waals surface area contributed by atoms with Crippen LogP contribution in [0.15, 0.2) is 24.4 Å². The summed E-state index contributed by atoms with van der Waals surface area (Å²) in [5.41, 5.74) is 2.35. The minimum Gasteiger partial charge on any atom is -0.275 e. The summed E-state index contributed by atoms with van der Waals surface area (Å²) in [5.74, 6) is 0. The first kappa shape index (κ1) is 6.40. The summed E-state index contributed by atoms with van der Waals surface area (Å²) in [6.45, 7) is 2.09. The summed E-state index contributed by atoms with van der Waals surface area (Å²) in [5, 5.41) is 5.49. The van der Waals surface area contributed by atoms with E-state index in [0.717, 1.165) is 5.52 Å². The first-order chi connectivity index (χ1) is 5.25. The molecule has 0 bridgehead atoms. The average Bonchev–Trinajstić information content (AvgIpc) is 2.27. The lowest BCUT2D eigenvalue weighted by atomic mass is 10.2. The standard InChI is InChI=1S/C9H10N2/c1-7-3-4-9-8(5-7)6-11(2)10-9/h3-6H,1-2H3. The monoisotopic (exact) mass is 146 g/mol. The van der Waals surface area contributed by atoms with Crippen molar-refractivity contribution in [2.24, 2.45) is 7.05 Å². The fraction of sp³-hybridized carbons (Fsp3) is 0.222. The molecule has 1 aromatic carbocycles. The van der Waals surface area contributed by atoms with Gasteiger partial charge in [-0.25, -0.2) is 0 Å². The quantitative estimate of drug-likeness (QED) is 0.555. The zero-order valence-corrected chi connectivity index (χ0v) is 6.70. The summed E-state index contributed by atoms with van der Waals surface area (Å²) >= 11 is 0. The highest BCUT2D eigenvalue weighted by Gasteiger charge is 1.95. The maximum absolute atomic E-state index is 4.27. The lowest BCUT2D eigenvalue weighted by molar-refractivity contribution is 0.780. The van der Waals surface area contributed by atoms with E-state index in [9.17, 15) is 0 Å². The van der Waals surface area contributed by atoms with Crippen molar-refractivity contribution in [3.8, 4) is 0 Å². The molecule has 0 fully saturated rings. The van der Waals surface area contributed by atoms with E-state index >= 15 is 0 Å². The van der Waals surface area contributed by atoms with Crippen molar-refractivity contribution in [2.45, 2.75) is 6.92 Å². The second kappa shape index (κ2) is 2.09. The minimum atomic E-state index is 1.07. The minimum absolute atomic E-state index is 1.07. The van der Waals surface area contributed by atoms with Crippen molar-refractivity contribution in [3.05, 3.63) is 30.0 Å². The van der Waals surface area contributed by atoms with Crippen LogP contribution in [0.1, 0.15) is 5.56 Å². The normalized spacial score (nSPS) is 10.7. The average molecular weight is 146 g/mol. The topological polar surface area (TPSA) is 17.8 Å². The van der Waals surface area contributed by atoms with E-state index in [4.69, 9.17) is 0 Å². The Kier molecular flexibility index (Phi) is 1.22.